The Hall–Kier alpha value is -1.92. The highest BCUT2D eigenvalue weighted by atomic mass is 19.3. The second-order valence-corrected chi connectivity index (χ2v) is 6.52. The number of hydrogen-bond acceptors (Lipinski definition) is 3. The summed E-state index contributed by atoms with van der Waals surface area (Å²) >= 11 is 0. The van der Waals surface area contributed by atoms with E-state index in [0.29, 0.717) is 24.3 Å². The number of carbonyl (C=O) groups is 2. The molecule has 5 nitrogen and oxygen atoms in total. The first kappa shape index (κ1) is 19.4. The summed E-state index contributed by atoms with van der Waals surface area (Å²) in [5.41, 5.74) is 0.557. The Morgan fingerprint density at radius 3 is 2.84 bits per heavy atom. The van der Waals surface area contributed by atoms with Crippen LogP contribution >= 0.6 is 0 Å². The Balaban J connectivity index is 2.03. The van der Waals surface area contributed by atoms with Gasteiger partial charge < -0.3 is 14.6 Å². The van der Waals surface area contributed by atoms with E-state index in [2.05, 4.69) is 5.32 Å². The second-order valence-electron chi connectivity index (χ2n) is 6.52. The van der Waals surface area contributed by atoms with Crippen LogP contribution in [0.25, 0.3) is 0 Å². The topological polar surface area (TPSA) is 62.6 Å². The molecular formula is C18H26F2N2O3. The van der Waals surface area contributed by atoms with Gasteiger partial charge in [-0.05, 0) is 38.7 Å². The maximum Gasteiger partial charge on any atom is 0.257 e. The van der Waals surface area contributed by atoms with Crippen LogP contribution in [0.1, 0.15) is 55.6 Å². The highest BCUT2D eigenvalue weighted by molar-refractivity contribution is 5.95. The van der Waals surface area contributed by atoms with Crippen LogP contribution in [0.2, 0.25) is 0 Å². The molecule has 2 atom stereocenters. The third-order valence-electron chi connectivity index (χ3n) is 4.64. The highest BCUT2D eigenvalue weighted by Gasteiger charge is 2.31. The third-order valence-corrected chi connectivity index (χ3v) is 4.64. The van der Waals surface area contributed by atoms with Crippen LogP contribution in [-0.2, 0) is 11.2 Å². The van der Waals surface area contributed by atoms with Gasteiger partial charge in [-0.25, -0.2) is 8.78 Å². The third kappa shape index (κ3) is 4.80. The maximum atomic E-state index is 12.9. The monoisotopic (exact) mass is 356 g/mol. The zero-order valence-electron chi connectivity index (χ0n) is 14.8. The van der Waals surface area contributed by atoms with Gasteiger partial charge in [-0.3, -0.25) is 9.59 Å². The van der Waals surface area contributed by atoms with E-state index in [1.807, 2.05) is 6.92 Å². The van der Waals surface area contributed by atoms with Crippen LogP contribution in [0.5, 0.6) is 0 Å². The lowest BCUT2D eigenvalue weighted by atomic mass is 10.00. The number of halogens is 2. The van der Waals surface area contributed by atoms with Crippen molar-refractivity contribution >= 4 is 11.8 Å². The zero-order valence-corrected chi connectivity index (χ0v) is 14.8. The summed E-state index contributed by atoms with van der Waals surface area (Å²) in [6.07, 6.45) is 2.98. The average Bonchev–Trinajstić information content (AvgIpc) is 3.07. The van der Waals surface area contributed by atoms with E-state index in [9.17, 15) is 18.4 Å². The lowest BCUT2D eigenvalue weighted by molar-refractivity contribution is -0.129. The van der Waals surface area contributed by atoms with Gasteiger partial charge in [0.1, 0.15) is 5.76 Å². The Bertz CT molecular complexity index is 589. The largest absolute Gasteiger partial charge is 0.469 e. The van der Waals surface area contributed by atoms with Crippen LogP contribution < -0.4 is 5.32 Å². The van der Waals surface area contributed by atoms with Crippen molar-refractivity contribution in [3.63, 3.8) is 0 Å². The van der Waals surface area contributed by atoms with Gasteiger partial charge in [0.15, 0.2) is 0 Å². The van der Waals surface area contributed by atoms with E-state index in [4.69, 9.17) is 4.42 Å². The molecule has 0 aromatic carbocycles. The molecule has 1 aliphatic heterocycles. The minimum Gasteiger partial charge on any atom is -0.469 e. The molecule has 1 aromatic heterocycles. The van der Waals surface area contributed by atoms with Crippen LogP contribution in [0, 0.1) is 5.92 Å². The molecule has 0 aliphatic carbocycles. The van der Waals surface area contributed by atoms with Crippen LogP contribution in [0.4, 0.5) is 8.78 Å². The van der Waals surface area contributed by atoms with Crippen molar-refractivity contribution in [2.45, 2.75) is 58.4 Å². The number of rotatable bonds is 7. The molecule has 7 heteroatoms. The number of hydrogen-bond donors (Lipinski definition) is 1. The molecule has 2 rings (SSSR count). The first-order chi connectivity index (χ1) is 12.0. The minimum atomic E-state index is -2.69. The average molecular weight is 356 g/mol. The Morgan fingerprint density at radius 1 is 1.40 bits per heavy atom. The Kier molecular flexibility index (Phi) is 6.96. The molecule has 1 saturated heterocycles. The predicted molar refractivity (Wildman–Crippen MR) is 89.6 cm³/mol. The number of alkyl halides is 2. The maximum absolute atomic E-state index is 12.9. The molecule has 0 bridgehead atoms. The van der Waals surface area contributed by atoms with E-state index >= 15 is 0 Å². The lowest BCUT2D eigenvalue weighted by Gasteiger charge is -2.36. The number of aryl methyl sites for hydroxylation is 1. The van der Waals surface area contributed by atoms with Crippen LogP contribution in [0.15, 0.2) is 16.7 Å². The summed E-state index contributed by atoms with van der Waals surface area (Å²) in [7, 11) is 0. The molecule has 140 valence electrons. The fraction of sp³-hybridized carbons (Fsp3) is 0.667. The SMILES string of the molecule is CCCc1occc1C(=O)N1CCCC[C@@H]1CNC(=O)C(C)C(F)F. The van der Waals surface area contributed by atoms with Crippen molar-refractivity contribution in [1.29, 1.82) is 0 Å². The number of nitrogens with zero attached hydrogens (tertiary/aromatic N) is 1. The van der Waals surface area contributed by atoms with E-state index < -0.39 is 18.3 Å². The van der Waals surface area contributed by atoms with Gasteiger partial charge in [-0.2, -0.15) is 0 Å². The summed E-state index contributed by atoms with van der Waals surface area (Å²) < 4.78 is 30.6. The molecule has 2 heterocycles. The summed E-state index contributed by atoms with van der Waals surface area (Å²) in [4.78, 5) is 26.4. The fourth-order valence-electron chi connectivity index (χ4n) is 3.08. The number of furan rings is 1. The first-order valence-corrected chi connectivity index (χ1v) is 8.88. The molecule has 0 saturated carbocycles. The van der Waals surface area contributed by atoms with Crippen molar-refractivity contribution in [3.8, 4) is 0 Å². The molecule has 1 unspecified atom stereocenters. The van der Waals surface area contributed by atoms with Gasteiger partial charge in [-0.15, -0.1) is 0 Å². The summed E-state index contributed by atoms with van der Waals surface area (Å²) in [5, 5.41) is 2.57. The van der Waals surface area contributed by atoms with E-state index in [0.717, 1.165) is 25.7 Å². The normalized spacial score (nSPS) is 19.1. The Labute approximate surface area is 146 Å². The van der Waals surface area contributed by atoms with Gasteiger partial charge in [0.05, 0.1) is 17.7 Å². The lowest BCUT2D eigenvalue weighted by Crippen LogP contribution is -2.50. The van der Waals surface area contributed by atoms with Crippen molar-refractivity contribution < 1.29 is 22.8 Å². The quantitative estimate of drug-likeness (QED) is 0.816. The van der Waals surface area contributed by atoms with Crippen LogP contribution in [-0.4, -0.2) is 42.3 Å². The number of likely N-dealkylation sites (tertiary alicyclic amines) is 1. The molecule has 1 aromatic rings. The number of amides is 2. The van der Waals surface area contributed by atoms with Gasteiger partial charge in [0.25, 0.3) is 5.91 Å². The fourth-order valence-corrected chi connectivity index (χ4v) is 3.08. The van der Waals surface area contributed by atoms with Crippen molar-refractivity contribution in [3.05, 3.63) is 23.7 Å². The number of nitrogens with one attached hydrogen (secondary N) is 1. The van der Waals surface area contributed by atoms with E-state index in [-0.39, 0.29) is 18.5 Å². The second kappa shape index (κ2) is 8.97. The predicted octanol–water partition coefficient (Wildman–Crippen LogP) is 3.24. The summed E-state index contributed by atoms with van der Waals surface area (Å²) in [5.74, 6) is -1.47. The minimum absolute atomic E-state index is 0.113. The van der Waals surface area contributed by atoms with E-state index in [1.54, 1.807) is 11.0 Å². The molecule has 25 heavy (non-hydrogen) atoms. The van der Waals surface area contributed by atoms with Gasteiger partial charge in [0, 0.05) is 25.6 Å². The molecule has 0 radical (unpaired) electrons. The summed E-state index contributed by atoms with van der Waals surface area (Å²) in [6, 6.07) is 1.50. The van der Waals surface area contributed by atoms with Gasteiger partial charge in [-0.1, -0.05) is 6.92 Å². The molecule has 1 aliphatic rings. The van der Waals surface area contributed by atoms with E-state index in [1.165, 1.54) is 13.2 Å². The number of piperidine rings is 1. The molecule has 0 spiro atoms. The van der Waals surface area contributed by atoms with Crippen LogP contribution in [0.3, 0.4) is 0 Å². The highest BCUT2D eigenvalue weighted by Crippen LogP contribution is 2.22. The van der Waals surface area contributed by atoms with Gasteiger partial charge in [0.2, 0.25) is 12.3 Å². The molecule has 1 N–H and O–H groups in total. The summed E-state index contributed by atoms with van der Waals surface area (Å²) in [6.45, 7) is 4.01. The molecule has 1 fully saturated rings. The number of carbonyl (C=O) groups excluding carboxylic acids is 2. The first-order valence-electron chi connectivity index (χ1n) is 8.88. The Morgan fingerprint density at radius 2 is 2.16 bits per heavy atom. The standard InChI is InChI=1S/C18H26F2N2O3/c1-3-6-15-14(8-10-25-15)18(24)22-9-5-4-7-13(22)11-21-17(23)12(2)16(19)20/h8,10,12-13,16H,3-7,9,11H2,1-2H3,(H,21,23)/t12?,13-/m1/s1. The smallest absolute Gasteiger partial charge is 0.257 e. The van der Waals surface area contributed by atoms with Crippen molar-refractivity contribution in [2.75, 3.05) is 13.1 Å². The zero-order chi connectivity index (χ0) is 18.4. The molecule has 2 amide bonds. The van der Waals surface area contributed by atoms with Crippen molar-refractivity contribution in [2.24, 2.45) is 5.92 Å². The van der Waals surface area contributed by atoms with Gasteiger partial charge >= 0.3 is 0 Å². The van der Waals surface area contributed by atoms with Crippen molar-refractivity contribution in [1.82, 2.24) is 10.2 Å². The molecular weight excluding hydrogens is 330 g/mol.